The molecule has 0 aliphatic rings. The summed E-state index contributed by atoms with van der Waals surface area (Å²) in [6.45, 7) is 1.37. The third-order valence-corrected chi connectivity index (χ3v) is 2.27. The van der Waals surface area contributed by atoms with Gasteiger partial charge >= 0.3 is 6.18 Å². The van der Waals surface area contributed by atoms with E-state index in [2.05, 4.69) is 0 Å². The number of carbonyl (C=O) groups is 1. The molecule has 0 heterocycles. The summed E-state index contributed by atoms with van der Waals surface area (Å²) in [4.78, 5) is 11.1. The Morgan fingerprint density at radius 2 is 1.94 bits per heavy atom. The lowest BCUT2D eigenvalue weighted by atomic mass is 10.0. The van der Waals surface area contributed by atoms with Crippen LogP contribution < -0.4 is 4.74 Å². The number of carbonyl (C=O) groups excluding carboxylic acids is 1. The highest BCUT2D eigenvalue weighted by Crippen LogP contribution is 2.31. The lowest BCUT2D eigenvalue weighted by molar-refractivity contribution is -0.0885. The van der Waals surface area contributed by atoms with Crippen LogP contribution in [-0.2, 0) is 0 Å². The number of benzene rings is 1. The van der Waals surface area contributed by atoms with Crippen molar-refractivity contribution in [2.24, 2.45) is 0 Å². The van der Waals surface area contributed by atoms with Crippen molar-refractivity contribution in [3.05, 3.63) is 28.3 Å². The van der Waals surface area contributed by atoms with Gasteiger partial charge in [-0.2, -0.15) is 13.2 Å². The van der Waals surface area contributed by atoms with Crippen molar-refractivity contribution in [1.82, 2.24) is 0 Å². The summed E-state index contributed by atoms with van der Waals surface area (Å²) in [5, 5.41) is 0.0232. The van der Waals surface area contributed by atoms with Crippen molar-refractivity contribution in [3.63, 3.8) is 0 Å². The summed E-state index contributed by atoms with van der Waals surface area (Å²) >= 11 is 5.60. The van der Waals surface area contributed by atoms with E-state index in [0.717, 1.165) is 6.07 Å². The summed E-state index contributed by atoms with van der Waals surface area (Å²) < 4.78 is 41.6. The predicted octanol–water partition coefficient (Wildman–Crippen LogP) is 3.40. The average molecular weight is 253 g/mol. The maximum atomic E-state index is 12.2. The summed E-state index contributed by atoms with van der Waals surface area (Å²) in [5.41, 5.74) is -0.369. The molecule has 0 bridgehead atoms. The molecule has 0 spiro atoms. The molecule has 1 aromatic carbocycles. The zero-order valence-corrected chi connectivity index (χ0v) is 9.24. The third kappa shape index (κ3) is 2.47. The molecule has 0 saturated heterocycles. The van der Waals surface area contributed by atoms with Gasteiger partial charge in [-0.3, -0.25) is 4.79 Å². The second-order valence-corrected chi connectivity index (χ2v) is 3.54. The molecule has 6 heteroatoms. The standard InChI is InChI=1S/C10H8ClF3O2/c1-5-7(9(15)10(12,13)14)3-6(11)4-8(5)16-2/h3-4H,1-2H3. The van der Waals surface area contributed by atoms with Crippen molar-refractivity contribution < 1.29 is 22.7 Å². The zero-order chi connectivity index (χ0) is 12.5. The maximum Gasteiger partial charge on any atom is 0.454 e. The van der Waals surface area contributed by atoms with Gasteiger partial charge in [-0.15, -0.1) is 0 Å². The van der Waals surface area contributed by atoms with Crippen LogP contribution in [0, 0.1) is 6.92 Å². The first-order chi connectivity index (χ1) is 7.27. The molecule has 0 aromatic heterocycles. The monoisotopic (exact) mass is 252 g/mol. The Labute approximate surface area is 95.0 Å². The van der Waals surface area contributed by atoms with E-state index in [0.29, 0.717) is 0 Å². The zero-order valence-electron chi connectivity index (χ0n) is 8.48. The smallest absolute Gasteiger partial charge is 0.454 e. The second kappa shape index (κ2) is 4.33. The van der Waals surface area contributed by atoms with E-state index < -0.39 is 17.5 Å². The number of alkyl halides is 3. The molecule has 0 amide bonds. The largest absolute Gasteiger partial charge is 0.496 e. The Balaban J connectivity index is 3.34. The van der Waals surface area contributed by atoms with Gasteiger partial charge in [0.05, 0.1) is 7.11 Å². The van der Waals surface area contributed by atoms with Crippen LogP contribution in [0.4, 0.5) is 13.2 Å². The van der Waals surface area contributed by atoms with Gasteiger partial charge in [-0.25, -0.2) is 0 Å². The van der Waals surface area contributed by atoms with Gasteiger partial charge in [0.25, 0.3) is 5.78 Å². The lowest BCUT2D eigenvalue weighted by Crippen LogP contribution is -2.23. The number of ether oxygens (including phenoxy) is 1. The fourth-order valence-corrected chi connectivity index (χ4v) is 1.46. The average Bonchev–Trinajstić information content (AvgIpc) is 2.18. The Morgan fingerprint density at radius 1 is 1.38 bits per heavy atom. The van der Waals surface area contributed by atoms with Gasteiger partial charge in [0.1, 0.15) is 5.75 Å². The minimum atomic E-state index is -4.92. The van der Waals surface area contributed by atoms with Gasteiger partial charge in [-0.05, 0) is 19.1 Å². The van der Waals surface area contributed by atoms with Gasteiger partial charge in [0.15, 0.2) is 0 Å². The summed E-state index contributed by atoms with van der Waals surface area (Å²) in [6.07, 6.45) is -4.92. The molecule has 0 aliphatic carbocycles. The van der Waals surface area contributed by atoms with E-state index in [9.17, 15) is 18.0 Å². The second-order valence-electron chi connectivity index (χ2n) is 3.11. The molecular weight excluding hydrogens is 245 g/mol. The number of ketones is 1. The maximum absolute atomic E-state index is 12.2. The Morgan fingerprint density at radius 3 is 2.38 bits per heavy atom. The van der Waals surface area contributed by atoms with Gasteiger partial charge in [-0.1, -0.05) is 11.6 Å². The highest BCUT2D eigenvalue weighted by molar-refractivity contribution is 6.31. The van der Waals surface area contributed by atoms with E-state index in [1.165, 1.54) is 20.1 Å². The van der Waals surface area contributed by atoms with Gasteiger partial charge in [0, 0.05) is 16.1 Å². The van der Waals surface area contributed by atoms with Crippen LogP contribution in [0.15, 0.2) is 12.1 Å². The fourth-order valence-electron chi connectivity index (χ4n) is 1.25. The molecule has 1 rings (SSSR count). The Hall–Kier alpha value is -1.23. The van der Waals surface area contributed by atoms with Gasteiger partial charge < -0.3 is 4.74 Å². The van der Waals surface area contributed by atoms with Crippen LogP contribution in [-0.4, -0.2) is 19.1 Å². The van der Waals surface area contributed by atoms with Crippen molar-refractivity contribution in [2.75, 3.05) is 7.11 Å². The van der Waals surface area contributed by atoms with E-state index in [-0.39, 0.29) is 16.3 Å². The van der Waals surface area contributed by atoms with Crippen molar-refractivity contribution >= 4 is 17.4 Å². The molecule has 1 aromatic rings. The van der Waals surface area contributed by atoms with Crippen LogP contribution in [0.2, 0.25) is 5.02 Å². The van der Waals surface area contributed by atoms with Crippen LogP contribution >= 0.6 is 11.6 Å². The van der Waals surface area contributed by atoms with Crippen LogP contribution in [0.1, 0.15) is 15.9 Å². The van der Waals surface area contributed by atoms with Crippen molar-refractivity contribution in [2.45, 2.75) is 13.1 Å². The molecular formula is C10H8ClF3O2. The highest BCUT2D eigenvalue weighted by Gasteiger charge is 2.40. The number of Topliss-reactive ketones (excluding diaryl/α,β-unsaturated/α-hetero) is 1. The predicted molar refractivity (Wildman–Crippen MR) is 53.1 cm³/mol. The summed E-state index contributed by atoms with van der Waals surface area (Å²) in [6, 6.07) is 2.33. The molecule has 0 fully saturated rings. The van der Waals surface area contributed by atoms with E-state index >= 15 is 0 Å². The Bertz CT molecular complexity index is 427. The first kappa shape index (κ1) is 12.8. The number of hydrogen-bond donors (Lipinski definition) is 0. The van der Waals surface area contributed by atoms with E-state index in [4.69, 9.17) is 16.3 Å². The van der Waals surface area contributed by atoms with E-state index in [1.54, 1.807) is 0 Å². The lowest BCUT2D eigenvalue weighted by Gasteiger charge is -2.11. The van der Waals surface area contributed by atoms with Gasteiger partial charge in [0.2, 0.25) is 0 Å². The molecule has 0 unspecified atom stereocenters. The molecule has 0 atom stereocenters. The quantitative estimate of drug-likeness (QED) is 0.754. The minimum Gasteiger partial charge on any atom is -0.496 e. The number of halogens is 4. The van der Waals surface area contributed by atoms with Crippen LogP contribution in [0.25, 0.3) is 0 Å². The SMILES string of the molecule is COc1cc(Cl)cc(C(=O)C(F)(F)F)c1C. The molecule has 0 N–H and O–H groups in total. The third-order valence-electron chi connectivity index (χ3n) is 2.05. The molecule has 2 nitrogen and oxygen atoms in total. The number of hydrogen-bond acceptors (Lipinski definition) is 2. The normalized spacial score (nSPS) is 11.4. The van der Waals surface area contributed by atoms with Crippen LogP contribution in [0.3, 0.4) is 0 Å². The molecule has 16 heavy (non-hydrogen) atoms. The molecule has 88 valence electrons. The van der Waals surface area contributed by atoms with Crippen LogP contribution in [0.5, 0.6) is 5.75 Å². The highest BCUT2D eigenvalue weighted by atomic mass is 35.5. The van der Waals surface area contributed by atoms with E-state index in [1.807, 2.05) is 0 Å². The summed E-state index contributed by atoms with van der Waals surface area (Å²) in [7, 11) is 1.29. The Kier molecular flexibility index (Phi) is 3.48. The fraction of sp³-hybridized carbons (Fsp3) is 0.300. The first-order valence-corrected chi connectivity index (χ1v) is 4.61. The molecule has 0 saturated carbocycles. The molecule has 0 aliphatic heterocycles. The minimum absolute atomic E-state index is 0.0232. The van der Waals surface area contributed by atoms with Crippen molar-refractivity contribution in [1.29, 1.82) is 0 Å². The number of methoxy groups -OCH3 is 1. The topological polar surface area (TPSA) is 26.3 Å². The first-order valence-electron chi connectivity index (χ1n) is 4.23. The summed E-state index contributed by atoms with van der Waals surface area (Å²) in [5.74, 6) is -1.77. The molecule has 0 radical (unpaired) electrons. The number of rotatable bonds is 2. The van der Waals surface area contributed by atoms with Crippen molar-refractivity contribution in [3.8, 4) is 5.75 Å².